The lowest BCUT2D eigenvalue weighted by atomic mass is 10.0. The number of hydrogen-bond acceptors (Lipinski definition) is 4. The summed E-state index contributed by atoms with van der Waals surface area (Å²) in [5.74, 6) is 1.80. The number of ketones is 1. The van der Waals surface area contributed by atoms with Gasteiger partial charge in [-0.15, -0.1) is 0 Å². The van der Waals surface area contributed by atoms with Crippen LogP contribution in [0, 0.1) is 6.92 Å². The molecule has 2 rings (SSSR count). The van der Waals surface area contributed by atoms with E-state index in [1.165, 1.54) is 0 Å². The first-order chi connectivity index (χ1) is 7.29. The zero-order valence-corrected chi connectivity index (χ0v) is 9.42. The number of ether oxygens (including phenoxy) is 1. The lowest BCUT2D eigenvalue weighted by molar-refractivity contribution is 0.0518. The number of nitrogens with zero attached hydrogens (tertiary/aromatic N) is 1. The van der Waals surface area contributed by atoms with Crippen LogP contribution in [-0.2, 0) is 4.74 Å². The van der Waals surface area contributed by atoms with Crippen molar-refractivity contribution in [2.45, 2.75) is 13.0 Å². The van der Waals surface area contributed by atoms with Crippen LogP contribution in [0.5, 0.6) is 0 Å². The second-order valence-corrected chi connectivity index (χ2v) is 4.64. The van der Waals surface area contributed by atoms with Crippen LogP contribution in [0.3, 0.4) is 0 Å². The smallest absolute Gasteiger partial charge is 0.194 e. The van der Waals surface area contributed by atoms with Crippen LogP contribution >= 0.6 is 11.8 Å². The summed E-state index contributed by atoms with van der Waals surface area (Å²) in [4.78, 5) is 16.0. The Balaban J connectivity index is 2.16. The van der Waals surface area contributed by atoms with Gasteiger partial charge in [-0.1, -0.05) is 0 Å². The predicted molar refractivity (Wildman–Crippen MR) is 60.4 cm³/mol. The van der Waals surface area contributed by atoms with Crippen LogP contribution in [0.2, 0.25) is 0 Å². The van der Waals surface area contributed by atoms with Crippen molar-refractivity contribution >= 4 is 17.5 Å². The maximum Gasteiger partial charge on any atom is 0.194 e. The van der Waals surface area contributed by atoms with E-state index in [0.717, 1.165) is 17.1 Å². The van der Waals surface area contributed by atoms with E-state index in [0.29, 0.717) is 12.2 Å². The highest BCUT2D eigenvalue weighted by Crippen LogP contribution is 2.18. The Bertz CT molecular complexity index is 361. The molecule has 0 amide bonds. The third-order valence-electron chi connectivity index (χ3n) is 2.41. The second-order valence-electron chi connectivity index (χ2n) is 3.49. The van der Waals surface area contributed by atoms with Gasteiger partial charge in [0.2, 0.25) is 0 Å². The molecular formula is C11H13NO2S. The highest BCUT2D eigenvalue weighted by molar-refractivity contribution is 7.99. The van der Waals surface area contributed by atoms with E-state index in [9.17, 15) is 4.79 Å². The van der Waals surface area contributed by atoms with E-state index >= 15 is 0 Å². The van der Waals surface area contributed by atoms with E-state index in [2.05, 4.69) is 4.98 Å². The van der Waals surface area contributed by atoms with E-state index in [-0.39, 0.29) is 11.9 Å². The van der Waals surface area contributed by atoms with E-state index in [1.807, 2.05) is 13.0 Å². The quantitative estimate of drug-likeness (QED) is 0.715. The molecule has 0 N–H and O–H groups in total. The van der Waals surface area contributed by atoms with Gasteiger partial charge in [0.05, 0.1) is 6.61 Å². The number of carbonyl (C=O) groups is 1. The van der Waals surface area contributed by atoms with Gasteiger partial charge in [-0.2, -0.15) is 11.8 Å². The molecule has 4 heteroatoms. The minimum atomic E-state index is -0.286. The highest BCUT2D eigenvalue weighted by Gasteiger charge is 2.24. The average molecular weight is 223 g/mol. The van der Waals surface area contributed by atoms with Gasteiger partial charge in [0.15, 0.2) is 5.78 Å². The fraction of sp³-hybridized carbons (Fsp3) is 0.455. The SMILES string of the molecule is Cc1ccncc1C(=O)C1CSCCO1. The lowest BCUT2D eigenvalue weighted by Crippen LogP contribution is -2.32. The van der Waals surface area contributed by atoms with E-state index in [4.69, 9.17) is 4.74 Å². The molecule has 0 spiro atoms. The maximum atomic E-state index is 12.0. The fourth-order valence-electron chi connectivity index (χ4n) is 1.53. The van der Waals surface area contributed by atoms with Crippen LogP contribution in [0.1, 0.15) is 15.9 Å². The molecule has 1 aromatic rings. The van der Waals surface area contributed by atoms with Crippen molar-refractivity contribution in [3.63, 3.8) is 0 Å². The van der Waals surface area contributed by atoms with Crippen molar-refractivity contribution in [2.24, 2.45) is 0 Å². The normalized spacial score (nSPS) is 21.3. The topological polar surface area (TPSA) is 39.2 Å². The standard InChI is InChI=1S/C11H13NO2S/c1-8-2-3-12-6-9(8)11(13)10-7-15-5-4-14-10/h2-3,6,10H,4-5,7H2,1H3. The molecule has 1 aliphatic rings. The number of aryl methyl sites for hydroxylation is 1. The van der Waals surface area contributed by atoms with Crippen LogP contribution in [0.25, 0.3) is 0 Å². The molecule has 80 valence electrons. The molecule has 1 saturated heterocycles. The average Bonchev–Trinajstić information content (AvgIpc) is 2.30. The number of hydrogen-bond donors (Lipinski definition) is 0. The Morgan fingerprint density at radius 2 is 2.53 bits per heavy atom. The highest BCUT2D eigenvalue weighted by atomic mass is 32.2. The summed E-state index contributed by atoms with van der Waals surface area (Å²) in [6, 6.07) is 1.85. The Morgan fingerprint density at radius 3 is 3.20 bits per heavy atom. The number of rotatable bonds is 2. The van der Waals surface area contributed by atoms with E-state index in [1.54, 1.807) is 24.2 Å². The van der Waals surface area contributed by atoms with Gasteiger partial charge in [-0.05, 0) is 18.6 Å². The molecule has 1 atom stereocenters. The fourth-order valence-corrected chi connectivity index (χ4v) is 2.38. The molecule has 0 bridgehead atoms. The molecule has 1 unspecified atom stereocenters. The van der Waals surface area contributed by atoms with Gasteiger partial charge in [-0.3, -0.25) is 9.78 Å². The summed E-state index contributed by atoms with van der Waals surface area (Å²) in [6.45, 7) is 2.59. The number of Topliss-reactive ketones (excluding diaryl/α,β-unsaturated/α-hetero) is 1. The van der Waals surface area contributed by atoms with Crippen LogP contribution in [0.4, 0.5) is 0 Å². The minimum Gasteiger partial charge on any atom is -0.368 e. The van der Waals surface area contributed by atoms with Crippen molar-refractivity contribution in [3.05, 3.63) is 29.6 Å². The maximum absolute atomic E-state index is 12.0. The van der Waals surface area contributed by atoms with Crippen LogP contribution in [-0.4, -0.2) is 35.0 Å². The van der Waals surface area contributed by atoms with Crippen molar-refractivity contribution in [2.75, 3.05) is 18.1 Å². The number of carbonyl (C=O) groups excluding carboxylic acids is 1. The zero-order chi connectivity index (χ0) is 10.7. The number of pyridine rings is 1. The Hall–Kier alpha value is -0.870. The minimum absolute atomic E-state index is 0.0628. The van der Waals surface area contributed by atoms with Crippen LogP contribution in [0.15, 0.2) is 18.5 Å². The molecule has 1 fully saturated rings. The second kappa shape index (κ2) is 4.77. The largest absolute Gasteiger partial charge is 0.368 e. The van der Waals surface area contributed by atoms with Crippen LogP contribution < -0.4 is 0 Å². The van der Waals surface area contributed by atoms with Gasteiger partial charge in [0.25, 0.3) is 0 Å². The van der Waals surface area contributed by atoms with Crippen molar-refractivity contribution in [1.82, 2.24) is 4.98 Å². The molecule has 1 aliphatic heterocycles. The Morgan fingerprint density at radius 1 is 1.67 bits per heavy atom. The Labute approximate surface area is 93.2 Å². The van der Waals surface area contributed by atoms with Gasteiger partial charge in [-0.25, -0.2) is 0 Å². The lowest BCUT2D eigenvalue weighted by Gasteiger charge is -2.21. The third kappa shape index (κ3) is 2.38. The van der Waals surface area contributed by atoms with Gasteiger partial charge >= 0.3 is 0 Å². The third-order valence-corrected chi connectivity index (χ3v) is 3.41. The molecule has 3 nitrogen and oxygen atoms in total. The first-order valence-corrected chi connectivity index (χ1v) is 6.08. The molecule has 1 aromatic heterocycles. The molecule has 0 radical (unpaired) electrons. The molecule has 2 heterocycles. The Kier molecular flexibility index (Phi) is 3.38. The summed E-state index contributed by atoms with van der Waals surface area (Å²) in [5.41, 5.74) is 1.65. The summed E-state index contributed by atoms with van der Waals surface area (Å²) in [7, 11) is 0. The monoisotopic (exact) mass is 223 g/mol. The summed E-state index contributed by atoms with van der Waals surface area (Å²) in [6.07, 6.45) is 3.04. The molecule has 0 saturated carbocycles. The van der Waals surface area contributed by atoms with Gasteiger partial charge in [0.1, 0.15) is 6.10 Å². The van der Waals surface area contributed by atoms with Gasteiger partial charge < -0.3 is 4.74 Å². The molecule has 15 heavy (non-hydrogen) atoms. The molecule has 0 aromatic carbocycles. The first kappa shape index (κ1) is 10.6. The summed E-state index contributed by atoms with van der Waals surface area (Å²) in [5, 5.41) is 0. The number of aromatic nitrogens is 1. The molecule has 0 aliphatic carbocycles. The van der Waals surface area contributed by atoms with Crippen molar-refractivity contribution in [3.8, 4) is 0 Å². The summed E-state index contributed by atoms with van der Waals surface area (Å²) < 4.78 is 5.45. The molecular weight excluding hydrogens is 210 g/mol. The van der Waals surface area contributed by atoms with Crippen molar-refractivity contribution < 1.29 is 9.53 Å². The first-order valence-electron chi connectivity index (χ1n) is 4.93. The predicted octanol–water partition coefficient (Wildman–Crippen LogP) is 1.70. The zero-order valence-electron chi connectivity index (χ0n) is 8.60. The number of thioether (sulfide) groups is 1. The van der Waals surface area contributed by atoms with Gasteiger partial charge in [0, 0.05) is 29.5 Å². The van der Waals surface area contributed by atoms with E-state index < -0.39 is 0 Å². The summed E-state index contributed by atoms with van der Waals surface area (Å²) >= 11 is 1.77. The van der Waals surface area contributed by atoms with Crippen molar-refractivity contribution in [1.29, 1.82) is 0 Å².